The van der Waals surface area contributed by atoms with Crippen molar-refractivity contribution in [2.45, 2.75) is 31.6 Å². The summed E-state index contributed by atoms with van der Waals surface area (Å²) in [4.78, 5) is 29.9. The number of hydrogen-bond donors (Lipinski definition) is 2. The number of nitrogens with zero attached hydrogens (tertiary/aromatic N) is 5. The van der Waals surface area contributed by atoms with Crippen LogP contribution in [0.5, 0.6) is 0 Å². The Bertz CT molecular complexity index is 1250. The van der Waals surface area contributed by atoms with Crippen LogP contribution in [0, 0.1) is 6.92 Å². The van der Waals surface area contributed by atoms with Crippen molar-refractivity contribution < 1.29 is 9.32 Å². The Balaban J connectivity index is 1.33. The quantitative estimate of drug-likeness (QED) is 0.494. The minimum absolute atomic E-state index is 0.0544. The summed E-state index contributed by atoms with van der Waals surface area (Å²) in [5.41, 5.74) is 8.54. The van der Waals surface area contributed by atoms with Crippen molar-refractivity contribution in [3.05, 3.63) is 66.4 Å². The molecule has 1 fully saturated rings. The highest BCUT2D eigenvalue weighted by atomic mass is 16.5. The maximum absolute atomic E-state index is 13.2. The number of pyridine rings is 1. The van der Waals surface area contributed by atoms with E-state index >= 15 is 0 Å². The van der Waals surface area contributed by atoms with Crippen molar-refractivity contribution in [3.63, 3.8) is 0 Å². The van der Waals surface area contributed by atoms with Gasteiger partial charge in [-0.3, -0.25) is 4.79 Å². The van der Waals surface area contributed by atoms with Crippen LogP contribution in [0.3, 0.4) is 0 Å². The Morgan fingerprint density at radius 3 is 2.22 bits per heavy atom. The number of aryl methyl sites for hydroxylation is 1. The van der Waals surface area contributed by atoms with Crippen molar-refractivity contribution >= 4 is 17.7 Å². The van der Waals surface area contributed by atoms with Crippen molar-refractivity contribution in [2.75, 3.05) is 11.1 Å². The number of carbonyl (C=O) groups excluding carboxylic acids is 1. The van der Waals surface area contributed by atoms with Gasteiger partial charge in [0.1, 0.15) is 5.82 Å². The van der Waals surface area contributed by atoms with E-state index in [4.69, 9.17) is 10.3 Å². The van der Waals surface area contributed by atoms with Crippen LogP contribution in [0.25, 0.3) is 22.6 Å². The topological polar surface area (TPSA) is 133 Å². The molecule has 32 heavy (non-hydrogen) atoms. The zero-order valence-corrected chi connectivity index (χ0v) is 17.4. The monoisotopic (exact) mass is 427 g/mol. The third kappa shape index (κ3) is 3.58. The van der Waals surface area contributed by atoms with Crippen LogP contribution in [-0.2, 0) is 10.2 Å². The van der Waals surface area contributed by atoms with Crippen LogP contribution in [0.1, 0.15) is 30.7 Å². The van der Waals surface area contributed by atoms with Gasteiger partial charge in [-0.15, -0.1) is 0 Å². The fourth-order valence-electron chi connectivity index (χ4n) is 3.89. The standard InChI is InChI=1S/C23H21N7O2/c1-14-28-20(32-30-14)16-5-8-19(25-11-16)29-21(31)23(9-2-10-23)18-6-3-15(4-7-18)17-12-26-22(24)27-13-17/h3-8,11-13H,2,9-10H2,1H3,(H2,24,26,27)(H,25,29,31). The summed E-state index contributed by atoms with van der Waals surface area (Å²) in [6, 6.07) is 11.5. The molecule has 0 saturated heterocycles. The van der Waals surface area contributed by atoms with Gasteiger partial charge in [-0.2, -0.15) is 4.98 Å². The molecule has 160 valence electrons. The average molecular weight is 427 g/mol. The maximum Gasteiger partial charge on any atom is 0.259 e. The molecule has 3 N–H and O–H groups in total. The lowest BCUT2D eigenvalue weighted by molar-refractivity contribution is -0.124. The van der Waals surface area contributed by atoms with Gasteiger partial charge in [-0.1, -0.05) is 35.8 Å². The molecule has 3 aromatic heterocycles. The van der Waals surface area contributed by atoms with Gasteiger partial charge in [0, 0.05) is 24.2 Å². The fraction of sp³-hybridized carbons (Fsp3) is 0.217. The van der Waals surface area contributed by atoms with E-state index in [1.165, 1.54) is 0 Å². The van der Waals surface area contributed by atoms with E-state index in [0.717, 1.165) is 36.0 Å². The van der Waals surface area contributed by atoms with E-state index in [-0.39, 0.29) is 11.9 Å². The summed E-state index contributed by atoms with van der Waals surface area (Å²) in [6.45, 7) is 1.75. The van der Waals surface area contributed by atoms with Crippen LogP contribution >= 0.6 is 0 Å². The van der Waals surface area contributed by atoms with E-state index in [9.17, 15) is 4.79 Å². The predicted molar refractivity (Wildman–Crippen MR) is 118 cm³/mol. The van der Waals surface area contributed by atoms with Crippen molar-refractivity contribution in [2.24, 2.45) is 0 Å². The first kappa shape index (κ1) is 19.8. The van der Waals surface area contributed by atoms with Crippen molar-refractivity contribution in [1.82, 2.24) is 25.1 Å². The van der Waals surface area contributed by atoms with E-state index < -0.39 is 5.41 Å². The highest BCUT2D eigenvalue weighted by molar-refractivity contribution is 5.99. The summed E-state index contributed by atoms with van der Waals surface area (Å²) in [5, 5.41) is 6.75. The van der Waals surface area contributed by atoms with Crippen molar-refractivity contribution in [3.8, 4) is 22.6 Å². The molecule has 0 bridgehead atoms. The molecule has 0 unspecified atom stereocenters. The van der Waals surface area contributed by atoms with Gasteiger partial charge in [0.2, 0.25) is 11.9 Å². The molecule has 3 heterocycles. The number of anilines is 2. The lowest BCUT2D eigenvalue weighted by Crippen LogP contribution is -2.46. The minimum atomic E-state index is -0.555. The molecule has 1 amide bonds. The molecule has 1 aromatic carbocycles. The summed E-state index contributed by atoms with van der Waals surface area (Å²) in [6.07, 6.45) is 7.58. The van der Waals surface area contributed by atoms with Gasteiger partial charge in [0.25, 0.3) is 5.89 Å². The van der Waals surface area contributed by atoms with Gasteiger partial charge in [-0.25, -0.2) is 15.0 Å². The molecule has 1 aliphatic rings. The third-order valence-corrected chi connectivity index (χ3v) is 5.86. The molecule has 0 spiro atoms. The third-order valence-electron chi connectivity index (χ3n) is 5.86. The molecule has 9 nitrogen and oxygen atoms in total. The Morgan fingerprint density at radius 1 is 0.969 bits per heavy atom. The molecule has 5 rings (SSSR count). The van der Waals surface area contributed by atoms with Crippen LogP contribution < -0.4 is 11.1 Å². The Kier molecular flexibility index (Phi) is 4.85. The van der Waals surface area contributed by atoms with Gasteiger partial charge in [0.05, 0.1) is 11.0 Å². The smallest absolute Gasteiger partial charge is 0.259 e. The first-order valence-corrected chi connectivity index (χ1v) is 10.3. The highest BCUT2D eigenvalue weighted by Gasteiger charge is 2.45. The number of rotatable bonds is 5. The molecule has 0 radical (unpaired) electrons. The van der Waals surface area contributed by atoms with Gasteiger partial charge >= 0.3 is 0 Å². The number of nitrogens with one attached hydrogen (secondary N) is 1. The highest BCUT2D eigenvalue weighted by Crippen LogP contribution is 2.45. The Labute approximate surface area is 184 Å². The summed E-state index contributed by atoms with van der Waals surface area (Å²) < 4.78 is 5.15. The largest absolute Gasteiger partial charge is 0.368 e. The first-order chi connectivity index (χ1) is 15.5. The lowest BCUT2D eigenvalue weighted by Gasteiger charge is -2.40. The molecular formula is C23H21N7O2. The number of amides is 1. The summed E-state index contributed by atoms with van der Waals surface area (Å²) in [5.74, 6) is 1.62. The predicted octanol–water partition coefficient (Wildman–Crippen LogP) is 3.54. The normalized spacial score (nSPS) is 14.5. The van der Waals surface area contributed by atoms with E-state index in [1.54, 1.807) is 37.6 Å². The molecule has 4 aromatic rings. The minimum Gasteiger partial charge on any atom is -0.368 e. The van der Waals surface area contributed by atoms with Crippen LogP contribution in [0.15, 0.2) is 59.5 Å². The summed E-state index contributed by atoms with van der Waals surface area (Å²) >= 11 is 0. The molecule has 9 heteroatoms. The second kappa shape index (κ2) is 7.84. The average Bonchev–Trinajstić information content (AvgIpc) is 3.21. The lowest BCUT2D eigenvalue weighted by atomic mass is 9.63. The molecule has 1 saturated carbocycles. The maximum atomic E-state index is 13.2. The number of hydrogen-bond acceptors (Lipinski definition) is 8. The van der Waals surface area contributed by atoms with E-state index in [1.807, 2.05) is 24.3 Å². The van der Waals surface area contributed by atoms with Crippen molar-refractivity contribution in [1.29, 1.82) is 0 Å². The SMILES string of the molecule is Cc1noc(-c2ccc(NC(=O)C3(c4ccc(-c5cnc(N)nc5)cc4)CCC3)nc2)n1. The molecular weight excluding hydrogens is 406 g/mol. The van der Waals surface area contributed by atoms with Gasteiger partial charge < -0.3 is 15.6 Å². The Morgan fingerprint density at radius 2 is 1.66 bits per heavy atom. The van der Waals surface area contributed by atoms with Crippen LogP contribution in [0.4, 0.5) is 11.8 Å². The number of nitrogen functional groups attached to an aromatic ring is 1. The number of aromatic nitrogens is 5. The van der Waals surface area contributed by atoms with E-state index in [2.05, 4.69) is 30.4 Å². The zero-order chi connectivity index (χ0) is 22.1. The summed E-state index contributed by atoms with van der Waals surface area (Å²) in [7, 11) is 0. The number of nitrogens with two attached hydrogens (primary N) is 1. The fourth-order valence-corrected chi connectivity index (χ4v) is 3.89. The van der Waals surface area contributed by atoms with Crippen LogP contribution in [0.2, 0.25) is 0 Å². The first-order valence-electron chi connectivity index (χ1n) is 10.3. The van der Waals surface area contributed by atoms with Crippen LogP contribution in [-0.4, -0.2) is 31.0 Å². The molecule has 0 aliphatic heterocycles. The van der Waals surface area contributed by atoms with Gasteiger partial charge in [0.15, 0.2) is 5.82 Å². The van der Waals surface area contributed by atoms with Gasteiger partial charge in [-0.05, 0) is 43.0 Å². The Hall–Kier alpha value is -4.14. The second-order valence-electron chi connectivity index (χ2n) is 7.88. The number of carbonyl (C=O) groups is 1. The van der Waals surface area contributed by atoms with E-state index in [0.29, 0.717) is 23.1 Å². The molecule has 1 aliphatic carbocycles. The molecule has 0 atom stereocenters. The zero-order valence-electron chi connectivity index (χ0n) is 17.4. The second-order valence-corrected chi connectivity index (χ2v) is 7.88. The number of benzene rings is 1.